The number of aryl methyl sites for hydroxylation is 1. The number of hydrogen-bond donors (Lipinski definition) is 0. The molecule has 2 aromatic rings. The molecule has 0 spiro atoms. The third kappa shape index (κ3) is 2.30. The first-order valence-corrected chi connectivity index (χ1v) is 5.17. The Kier molecular flexibility index (Phi) is 3.14. The van der Waals surface area contributed by atoms with Crippen molar-refractivity contribution < 1.29 is 9.53 Å². The highest BCUT2D eigenvalue weighted by molar-refractivity contribution is 6.07. The van der Waals surface area contributed by atoms with Gasteiger partial charge >= 0.3 is 0 Å². The van der Waals surface area contributed by atoms with Crippen LogP contribution in [0.2, 0.25) is 0 Å². The van der Waals surface area contributed by atoms with Crippen LogP contribution in [0.25, 0.3) is 0 Å². The van der Waals surface area contributed by atoms with Crippen molar-refractivity contribution in [3.63, 3.8) is 0 Å². The molecule has 0 saturated heterocycles. The molecule has 0 bridgehead atoms. The van der Waals surface area contributed by atoms with Gasteiger partial charge in [0.1, 0.15) is 11.4 Å². The quantitative estimate of drug-likeness (QED) is 0.754. The normalized spacial score (nSPS) is 10.0. The van der Waals surface area contributed by atoms with E-state index in [1.165, 1.54) is 18.6 Å². The van der Waals surface area contributed by atoms with E-state index in [0.717, 1.165) is 5.56 Å². The van der Waals surface area contributed by atoms with Crippen molar-refractivity contribution in [3.05, 3.63) is 53.6 Å². The van der Waals surface area contributed by atoms with Gasteiger partial charge in [0.25, 0.3) is 0 Å². The number of rotatable bonds is 3. The number of nitrogens with zero attached hydrogens (tertiary/aromatic N) is 2. The largest absolute Gasteiger partial charge is 0.496 e. The van der Waals surface area contributed by atoms with Gasteiger partial charge in [-0.25, -0.2) is 4.98 Å². The molecule has 0 fully saturated rings. The van der Waals surface area contributed by atoms with E-state index < -0.39 is 0 Å². The SMILES string of the molecule is COc1cc(C(=O)c2cnccn2)ccc1C. The summed E-state index contributed by atoms with van der Waals surface area (Å²) in [6.45, 7) is 1.93. The highest BCUT2D eigenvalue weighted by atomic mass is 16.5. The lowest BCUT2D eigenvalue weighted by atomic mass is 10.1. The second-order valence-corrected chi connectivity index (χ2v) is 3.60. The van der Waals surface area contributed by atoms with Crippen LogP contribution in [0.15, 0.2) is 36.8 Å². The van der Waals surface area contributed by atoms with Crippen LogP contribution in [-0.4, -0.2) is 22.9 Å². The zero-order chi connectivity index (χ0) is 12.3. The van der Waals surface area contributed by atoms with Crippen molar-refractivity contribution in [1.29, 1.82) is 0 Å². The molecule has 1 aromatic carbocycles. The van der Waals surface area contributed by atoms with Crippen molar-refractivity contribution in [2.24, 2.45) is 0 Å². The molecule has 4 heteroatoms. The van der Waals surface area contributed by atoms with Crippen molar-refractivity contribution in [2.75, 3.05) is 7.11 Å². The third-order valence-corrected chi connectivity index (χ3v) is 2.47. The Morgan fingerprint density at radius 2 is 2.12 bits per heavy atom. The molecule has 0 unspecified atom stereocenters. The molecular formula is C13H12N2O2. The maximum atomic E-state index is 12.1. The molecule has 2 rings (SSSR count). The van der Waals surface area contributed by atoms with Gasteiger partial charge in [-0.05, 0) is 18.6 Å². The molecule has 0 amide bonds. The molecule has 0 aliphatic heterocycles. The van der Waals surface area contributed by atoms with Gasteiger partial charge in [0.05, 0.1) is 13.3 Å². The van der Waals surface area contributed by atoms with E-state index in [1.54, 1.807) is 19.2 Å². The summed E-state index contributed by atoms with van der Waals surface area (Å²) in [7, 11) is 1.58. The molecular weight excluding hydrogens is 216 g/mol. The molecule has 0 aliphatic carbocycles. The molecule has 86 valence electrons. The summed E-state index contributed by atoms with van der Waals surface area (Å²) in [5.74, 6) is 0.538. The molecule has 0 saturated carbocycles. The van der Waals surface area contributed by atoms with Gasteiger partial charge in [-0.1, -0.05) is 12.1 Å². The fourth-order valence-corrected chi connectivity index (χ4v) is 1.53. The molecule has 0 atom stereocenters. The lowest BCUT2D eigenvalue weighted by Gasteiger charge is -2.06. The zero-order valence-electron chi connectivity index (χ0n) is 9.68. The van der Waals surface area contributed by atoms with E-state index in [2.05, 4.69) is 9.97 Å². The van der Waals surface area contributed by atoms with Crippen molar-refractivity contribution in [2.45, 2.75) is 6.92 Å². The standard InChI is InChI=1S/C13H12N2O2/c1-9-3-4-10(7-12(9)17-2)13(16)11-8-14-5-6-15-11/h3-8H,1-2H3. The van der Waals surface area contributed by atoms with Gasteiger partial charge in [0.2, 0.25) is 5.78 Å². The lowest BCUT2D eigenvalue weighted by molar-refractivity contribution is 0.103. The van der Waals surface area contributed by atoms with Crippen LogP contribution in [0.5, 0.6) is 5.75 Å². The van der Waals surface area contributed by atoms with Gasteiger partial charge in [0.15, 0.2) is 0 Å². The number of hydrogen-bond acceptors (Lipinski definition) is 4. The minimum absolute atomic E-state index is 0.156. The van der Waals surface area contributed by atoms with Crippen LogP contribution in [-0.2, 0) is 0 Å². The van der Waals surface area contributed by atoms with Crippen LogP contribution in [0.1, 0.15) is 21.6 Å². The number of carbonyl (C=O) groups excluding carboxylic acids is 1. The number of aromatic nitrogens is 2. The van der Waals surface area contributed by atoms with E-state index in [-0.39, 0.29) is 5.78 Å². The maximum Gasteiger partial charge on any atom is 0.213 e. The average molecular weight is 228 g/mol. The summed E-state index contributed by atoms with van der Waals surface area (Å²) in [4.78, 5) is 19.9. The van der Waals surface area contributed by atoms with E-state index >= 15 is 0 Å². The first-order chi connectivity index (χ1) is 8.22. The summed E-state index contributed by atoms with van der Waals surface area (Å²) < 4.78 is 5.18. The van der Waals surface area contributed by atoms with Crippen molar-refractivity contribution in [3.8, 4) is 5.75 Å². The number of ether oxygens (including phenoxy) is 1. The minimum Gasteiger partial charge on any atom is -0.496 e. The monoisotopic (exact) mass is 228 g/mol. The summed E-state index contributed by atoms with van der Waals surface area (Å²) in [6, 6.07) is 5.32. The van der Waals surface area contributed by atoms with Gasteiger partial charge in [0, 0.05) is 18.0 Å². The van der Waals surface area contributed by atoms with Crippen LogP contribution in [0.3, 0.4) is 0 Å². The first kappa shape index (κ1) is 11.3. The predicted molar refractivity (Wildman–Crippen MR) is 63.2 cm³/mol. The molecule has 17 heavy (non-hydrogen) atoms. The van der Waals surface area contributed by atoms with E-state index in [4.69, 9.17) is 4.74 Å². The first-order valence-electron chi connectivity index (χ1n) is 5.17. The Morgan fingerprint density at radius 1 is 1.29 bits per heavy atom. The second-order valence-electron chi connectivity index (χ2n) is 3.60. The maximum absolute atomic E-state index is 12.1. The van der Waals surface area contributed by atoms with Crippen molar-refractivity contribution >= 4 is 5.78 Å². The van der Waals surface area contributed by atoms with Gasteiger partial charge in [-0.2, -0.15) is 0 Å². The Balaban J connectivity index is 2.38. The van der Waals surface area contributed by atoms with Gasteiger partial charge in [-0.15, -0.1) is 0 Å². The topological polar surface area (TPSA) is 52.1 Å². The van der Waals surface area contributed by atoms with Crippen LogP contribution in [0, 0.1) is 6.92 Å². The molecule has 4 nitrogen and oxygen atoms in total. The number of methoxy groups -OCH3 is 1. The molecule has 1 heterocycles. The Bertz CT molecular complexity index is 538. The molecule has 0 radical (unpaired) electrons. The van der Waals surface area contributed by atoms with E-state index in [1.807, 2.05) is 13.0 Å². The molecule has 0 N–H and O–H groups in total. The van der Waals surface area contributed by atoms with Crippen LogP contribution >= 0.6 is 0 Å². The van der Waals surface area contributed by atoms with E-state index in [0.29, 0.717) is 17.0 Å². The Hall–Kier alpha value is -2.23. The summed E-state index contributed by atoms with van der Waals surface area (Å²) >= 11 is 0. The van der Waals surface area contributed by atoms with Crippen LogP contribution < -0.4 is 4.74 Å². The fraction of sp³-hybridized carbons (Fsp3) is 0.154. The summed E-state index contributed by atoms with van der Waals surface area (Å²) in [5.41, 5.74) is 1.87. The molecule has 1 aromatic heterocycles. The van der Waals surface area contributed by atoms with Gasteiger partial charge in [-0.3, -0.25) is 9.78 Å². The predicted octanol–water partition coefficient (Wildman–Crippen LogP) is 2.02. The highest BCUT2D eigenvalue weighted by Gasteiger charge is 2.12. The van der Waals surface area contributed by atoms with Crippen LogP contribution in [0.4, 0.5) is 0 Å². The smallest absolute Gasteiger partial charge is 0.213 e. The second kappa shape index (κ2) is 4.74. The molecule has 0 aliphatic rings. The average Bonchev–Trinajstić information content (AvgIpc) is 2.39. The summed E-state index contributed by atoms with van der Waals surface area (Å²) in [6.07, 6.45) is 4.49. The minimum atomic E-state index is -0.156. The van der Waals surface area contributed by atoms with Crippen molar-refractivity contribution in [1.82, 2.24) is 9.97 Å². The number of benzene rings is 1. The zero-order valence-corrected chi connectivity index (χ0v) is 9.68. The Morgan fingerprint density at radius 3 is 2.76 bits per heavy atom. The fourth-order valence-electron chi connectivity index (χ4n) is 1.53. The lowest BCUT2D eigenvalue weighted by Crippen LogP contribution is -2.04. The third-order valence-electron chi connectivity index (χ3n) is 2.47. The highest BCUT2D eigenvalue weighted by Crippen LogP contribution is 2.20. The summed E-state index contributed by atoms with van der Waals surface area (Å²) in [5, 5.41) is 0. The number of ketones is 1. The van der Waals surface area contributed by atoms with E-state index in [9.17, 15) is 4.79 Å². The van der Waals surface area contributed by atoms with Gasteiger partial charge < -0.3 is 4.74 Å². The number of carbonyl (C=O) groups is 1. The Labute approximate surface area is 99.3 Å².